The van der Waals surface area contributed by atoms with Crippen molar-refractivity contribution in [2.75, 3.05) is 18.9 Å². The van der Waals surface area contributed by atoms with Crippen LogP contribution in [0.1, 0.15) is 12.6 Å². The van der Waals surface area contributed by atoms with Gasteiger partial charge in [-0.05, 0) is 30.2 Å². The minimum atomic E-state index is -4.49. The number of carboxylic acid groups (broad SMARTS) is 1. The molecule has 31 heavy (non-hydrogen) atoms. The number of aliphatic carboxylic acids is 1. The second-order valence-corrected chi connectivity index (χ2v) is 9.21. The van der Waals surface area contributed by atoms with Crippen LogP contribution in [0.3, 0.4) is 0 Å². The number of fused-ring (bicyclic) bond motifs is 1. The Hall–Kier alpha value is -2.12. The molecule has 2 fully saturated rings. The molecule has 0 aromatic carbocycles. The minimum Gasteiger partial charge on any atom is -0.478 e. The third-order valence-electron chi connectivity index (χ3n) is 5.82. The Morgan fingerprint density at radius 3 is 2.65 bits per heavy atom. The summed E-state index contributed by atoms with van der Waals surface area (Å²) < 4.78 is 28.4. The highest BCUT2D eigenvalue weighted by Gasteiger charge is 2.54. The predicted molar refractivity (Wildman–Crippen MR) is 101 cm³/mol. The van der Waals surface area contributed by atoms with E-state index >= 15 is 0 Å². The van der Waals surface area contributed by atoms with E-state index in [4.69, 9.17) is 24.6 Å². The monoisotopic (exact) mass is 459 g/mol. The lowest BCUT2D eigenvalue weighted by atomic mass is 10.1. The van der Waals surface area contributed by atoms with E-state index in [0.717, 1.165) is 4.57 Å². The Morgan fingerprint density at radius 2 is 2.03 bits per heavy atom. The Morgan fingerprint density at radius 1 is 1.32 bits per heavy atom. The molecule has 2 heterocycles. The van der Waals surface area contributed by atoms with Crippen molar-refractivity contribution >= 4 is 19.6 Å². The first-order valence-electron chi connectivity index (χ1n) is 9.49. The molecule has 3 aliphatic rings. The van der Waals surface area contributed by atoms with Gasteiger partial charge in [0.15, 0.2) is 6.23 Å². The highest BCUT2D eigenvalue weighted by molar-refractivity contribution is 7.47. The van der Waals surface area contributed by atoms with Crippen LogP contribution >= 0.6 is 7.82 Å². The summed E-state index contributed by atoms with van der Waals surface area (Å²) in [6.07, 6.45) is -2.24. The molecule has 0 amide bonds. The second kappa shape index (κ2) is 8.10. The minimum absolute atomic E-state index is 0.00817. The summed E-state index contributed by atoms with van der Waals surface area (Å²) in [6.45, 7) is -0.668. The van der Waals surface area contributed by atoms with Gasteiger partial charge in [-0.1, -0.05) is 6.08 Å². The zero-order chi connectivity index (χ0) is 22.5. The number of nitrogen functional groups attached to an aromatic ring is 1. The lowest BCUT2D eigenvalue weighted by Gasteiger charge is -2.18. The molecular formula is C17H22N3O10P. The van der Waals surface area contributed by atoms with Gasteiger partial charge in [0.1, 0.15) is 24.1 Å². The van der Waals surface area contributed by atoms with Crippen molar-refractivity contribution in [1.29, 1.82) is 0 Å². The zero-order valence-electron chi connectivity index (χ0n) is 16.1. The summed E-state index contributed by atoms with van der Waals surface area (Å²) >= 11 is 0. The van der Waals surface area contributed by atoms with Crippen molar-refractivity contribution in [1.82, 2.24) is 9.55 Å². The van der Waals surface area contributed by atoms with Gasteiger partial charge in [0.2, 0.25) is 0 Å². The number of anilines is 1. The summed E-state index contributed by atoms with van der Waals surface area (Å²) in [5.74, 6) is -0.961. The van der Waals surface area contributed by atoms with Crippen LogP contribution in [0.15, 0.2) is 28.7 Å². The van der Waals surface area contributed by atoms with Gasteiger partial charge in [0.25, 0.3) is 0 Å². The molecular weight excluding hydrogens is 437 g/mol. The lowest BCUT2D eigenvalue weighted by molar-refractivity contribution is -0.132. The summed E-state index contributed by atoms with van der Waals surface area (Å²) in [5, 5.41) is 29.3. The van der Waals surface area contributed by atoms with Gasteiger partial charge in [-0.2, -0.15) is 4.98 Å². The highest BCUT2D eigenvalue weighted by Crippen LogP contribution is 2.58. The normalized spacial score (nSPS) is 36.0. The Kier molecular flexibility index (Phi) is 5.77. The third kappa shape index (κ3) is 4.44. The molecule has 1 aromatic heterocycles. The summed E-state index contributed by atoms with van der Waals surface area (Å²) in [4.78, 5) is 36.2. The first-order chi connectivity index (χ1) is 14.6. The number of nitrogens with two attached hydrogens (primary N) is 1. The van der Waals surface area contributed by atoms with Gasteiger partial charge in [0.05, 0.1) is 13.2 Å². The first-order valence-corrected chi connectivity index (χ1v) is 11.0. The second-order valence-electron chi connectivity index (χ2n) is 7.75. The molecule has 6 N–H and O–H groups in total. The van der Waals surface area contributed by atoms with Crippen molar-refractivity contribution in [3.8, 4) is 0 Å². The molecule has 4 unspecified atom stereocenters. The molecule has 2 aliphatic carbocycles. The van der Waals surface area contributed by atoms with Crippen molar-refractivity contribution in [2.45, 2.75) is 31.0 Å². The Bertz CT molecular complexity index is 1010. The average molecular weight is 459 g/mol. The number of allylic oxidation sites excluding steroid dienone is 1. The smallest absolute Gasteiger partial charge is 0.472 e. The number of nitrogens with zero attached hydrogens (tertiary/aromatic N) is 2. The molecule has 0 radical (unpaired) electrons. The van der Waals surface area contributed by atoms with E-state index in [9.17, 15) is 29.3 Å². The van der Waals surface area contributed by atoms with Gasteiger partial charge < -0.3 is 30.7 Å². The highest BCUT2D eigenvalue weighted by atomic mass is 31.2. The number of aliphatic hydroxyl groups is 2. The molecule has 0 spiro atoms. The molecule has 170 valence electrons. The zero-order valence-corrected chi connectivity index (χ0v) is 16.9. The van der Waals surface area contributed by atoms with Crippen LogP contribution in [0, 0.1) is 17.8 Å². The molecule has 1 saturated heterocycles. The number of rotatable bonds is 8. The topological polar surface area (TPSA) is 204 Å². The number of phosphoric ester groups is 1. The maximum absolute atomic E-state index is 12.1. The average Bonchev–Trinajstić information content (AvgIpc) is 3.01. The number of aromatic nitrogens is 2. The van der Waals surface area contributed by atoms with Crippen molar-refractivity contribution in [3.05, 3.63) is 34.4 Å². The van der Waals surface area contributed by atoms with E-state index < -0.39 is 50.6 Å². The summed E-state index contributed by atoms with van der Waals surface area (Å²) in [6, 6.07) is 1.31. The summed E-state index contributed by atoms with van der Waals surface area (Å²) in [7, 11) is -4.49. The quantitative estimate of drug-likeness (QED) is 0.293. The number of hydrogen-bond donors (Lipinski definition) is 5. The van der Waals surface area contributed by atoms with Crippen LogP contribution in [0.25, 0.3) is 0 Å². The molecule has 1 aromatic rings. The van der Waals surface area contributed by atoms with Gasteiger partial charge >= 0.3 is 19.5 Å². The summed E-state index contributed by atoms with van der Waals surface area (Å²) in [5.41, 5.74) is 4.95. The van der Waals surface area contributed by atoms with E-state index in [1.165, 1.54) is 12.3 Å². The number of hydrogen-bond acceptors (Lipinski definition) is 10. The molecule has 8 atom stereocenters. The van der Waals surface area contributed by atoms with Crippen molar-refractivity contribution in [3.63, 3.8) is 0 Å². The van der Waals surface area contributed by atoms with E-state index in [2.05, 4.69) is 4.98 Å². The Balaban J connectivity index is 1.29. The standard InChI is InChI=1S/C17H22N3O10P/c18-12-1-2-20(17(25)19-12)15-14(22)13(21)11(30-15)6-29-31(26,27)28-5-10-8-3-7(16(23)24)4-9(8)10/h1-3,8-11,13-15,21-22H,4-6H2,(H,23,24)(H,26,27)(H2,18,19,25)/t8?,9?,10?,11-,13-,14-,15-/m1/s1. The third-order valence-corrected chi connectivity index (χ3v) is 6.77. The van der Waals surface area contributed by atoms with Crippen LogP contribution in [0.2, 0.25) is 0 Å². The van der Waals surface area contributed by atoms with Gasteiger partial charge in [-0.15, -0.1) is 0 Å². The van der Waals surface area contributed by atoms with Gasteiger partial charge in [-0.3, -0.25) is 13.6 Å². The maximum Gasteiger partial charge on any atom is 0.472 e. The number of carboxylic acids is 1. The van der Waals surface area contributed by atoms with Crippen molar-refractivity contribution < 1.29 is 43.4 Å². The van der Waals surface area contributed by atoms with E-state index in [1.54, 1.807) is 6.08 Å². The van der Waals surface area contributed by atoms with Crippen LogP contribution in [0.5, 0.6) is 0 Å². The van der Waals surface area contributed by atoms with E-state index in [0.29, 0.717) is 12.0 Å². The Labute approximate surface area is 175 Å². The van der Waals surface area contributed by atoms with E-state index in [1.807, 2.05) is 0 Å². The van der Waals surface area contributed by atoms with Crippen LogP contribution in [-0.4, -0.2) is 67.3 Å². The largest absolute Gasteiger partial charge is 0.478 e. The number of carbonyl (C=O) groups is 1. The number of aliphatic hydroxyl groups excluding tert-OH is 2. The van der Waals surface area contributed by atoms with Crippen LogP contribution in [0.4, 0.5) is 5.82 Å². The van der Waals surface area contributed by atoms with Gasteiger partial charge in [-0.25, -0.2) is 14.2 Å². The first kappa shape index (κ1) is 22.1. The number of phosphoric acid groups is 1. The molecule has 1 aliphatic heterocycles. The fourth-order valence-corrected chi connectivity index (χ4v) is 4.83. The molecule has 14 heteroatoms. The fraction of sp³-hybridized carbons (Fsp3) is 0.588. The maximum atomic E-state index is 12.1. The van der Waals surface area contributed by atoms with E-state index in [-0.39, 0.29) is 30.2 Å². The predicted octanol–water partition coefficient (Wildman–Crippen LogP) is -1.14. The molecule has 13 nitrogen and oxygen atoms in total. The fourth-order valence-electron chi connectivity index (χ4n) is 4.06. The van der Waals surface area contributed by atoms with Crippen LogP contribution in [-0.2, 0) is 23.1 Å². The molecule has 4 rings (SSSR count). The van der Waals surface area contributed by atoms with Gasteiger partial charge in [0, 0.05) is 11.8 Å². The van der Waals surface area contributed by atoms with Crippen molar-refractivity contribution in [2.24, 2.45) is 17.8 Å². The lowest BCUT2D eigenvalue weighted by Crippen LogP contribution is -2.36. The van der Waals surface area contributed by atoms with Crippen LogP contribution < -0.4 is 11.4 Å². The molecule has 1 saturated carbocycles. The molecule has 0 bridgehead atoms. The SMILES string of the molecule is Nc1ccn([C@@H]2O[C@H](COP(=O)(O)OCC3C4C=C(C(=O)O)CC43)[C@@H](O)[C@H]2O)c(=O)n1. The number of ether oxygens (including phenoxy) is 1.